The maximum Gasteiger partial charge on any atom is 0.183 e. The maximum absolute atomic E-state index is 5.73. The number of benzene rings is 1. The molecule has 0 saturated heterocycles. The van der Waals surface area contributed by atoms with Crippen molar-refractivity contribution in [2.75, 3.05) is 25.1 Å². The van der Waals surface area contributed by atoms with E-state index >= 15 is 0 Å². The third kappa shape index (κ3) is 2.87. The fourth-order valence-corrected chi connectivity index (χ4v) is 4.00. The fourth-order valence-electron chi connectivity index (χ4n) is 3.22. The van der Waals surface area contributed by atoms with Gasteiger partial charge < -0.3 is 19.4 Å². The van der Waals surface area contributed by atoms with Crippen LogP contribution >= 0.6 is 11.3 Å². The third-order valence-electron chi connectivity index (χ3n) is 4.32. The van der Waals surface area contributed by atoms with Crippen LogP contribution < -0.4 is 14.8 Å². The van der Waals surface area contributed by atoms with E-state index in [0.29, 0.717) is 13.2 Å². The number of thiazole rings is 1. The highest BCUT2D eigenvalue weighted by atomic mass is 32.1. The smallest absolute Gasteiger partial charge is 0.183 e. The number of aryl methyl sites for hydroxylation is 1. The van der Waals surface area contributed by atoms with Crippen molar-refractivity contribution in [1.29, 1.82) is 0 Å². The van der Waals surface area contributed by atoms with E-state index in [1.54, 1.807) is 11.3 Å². The van der Waals surface area contributed by atoms with Gasteiger partial charge in [0.15, 0.2) is 16.6 Å². The molecule has 0 aliphatic carbocycles. The van der Waals surface area contributed by atoms with Gasteiger partial charge in [0, 0.05) is 40.6 Å². The molecule has 3 aromatic rings. The molecule has 0 amide bonds. The summed E-state index contributed by atoms with van der Waals surface area (Å²) in [4.78, 5) is 4.70. The first-order valence-corrected chi connectivity index (χ1v) is 9.34. The Morgan fingerprint density at radius 3 is 2.76 bits per heavy atom. The Labute approximate surface area is 151 Å². The molecule has 5 nitrogen and oxygen atoms in total. The van der Waals surface area contributed by atoms with Gasteiger partial charge in [-0.1, -0.05) is 0 Å². The number of hydrogen-bond acceptors (Lipinski definition) is 5. The van der Waals surface area contributed by atoms with Crippen molar-refractivity contribution in [1.82, 2.24) is 9.55 Å². The molecule has 0 atom stereocenters. The fraction of sp³-hybridized carbons (Fsp3) is 0.316. The Hall–Kier alpha value is -2.47. The first kappa shape index (κ1) is 16.0. The van der Waals surface area contributed by atoms with E-state index in [2.05, 4.69) is 48.2 Å². The molecular formula is C19H21N3O2S. The van der Waals surface area contributed by atoms with Gasteiger partial charge in [0.25, 0.3) is 0 Å². The highest BCUT2D eigenvalue weighted by Gasteiger charge is 2.17. The van der Waals surface area contributed by atoms with Gasteiger partial charge in [0.05, 0.1) is 5.69 Å². The standard InChI is InChI=1S/C19H21N3O2S/c1-4-20-19-21-16(11-25-19)15-9-12(2)22(13(15)3)14-5-6-17-18(10-14)24-8-7-23-17/h5-6,9-11H,4,7-8H2,1-3H3,(H,20,21). The van der Waals surface area contributed by atoms with E-state index in [1.165, 1.54) is 11.4 Å². The van der Waals surface area contributed by atoms with E-state index < -0.39 is 0 Å². The molecule has 3 heterocycles. The molecule has 1 aromatic carbocycles. The average Bonchev–Trinajstić information content (AvgIpc) is 3.19. The van der Waals surface area contributed by atoms with E-state index in [-0.39, 0.29) is 0 Å². The lowest BCUT2D eigenvalue weighted by molar-refractivity contribution is 0.171. The number of ether oxygens (including phenoxy) is 2. The van der Waals surface area contributed by atoms with Gasteiger partial charge in [0.1, 0.15) is 13.2 Å². The van der Waals surface area contributed by atoms with Crippen LogP contribution in [0.2, 0.25) is 0 Å². The lowest BCUT2D eigenvalue weighted by Crippen LogP contribution is -2.15. The van der Waals surface area contributed by atoms with Gasteiger partial charge in [-0.2, -0.15) is 0 Å². The average molecular weight is 355 g/mol. The normalized spacial score (nSPS) is 13.1. The highest BCUT2D eigenvalue weighted by Crippen LogP contribution is 2.35. The second-order valence-electron chi connectivity index (χ2n) is 6.02. The summed E-state index contributed by atoms with van der Waals surface area (Å²) in [5.74, 6) is 1.62. The molecule has 1 aliphatic heterocycles. The summed E-state index contributed by atoms with van der Waals surface area (Å²) < 4.78 is 13.6. The van der Waals surface area contributed by atoms with Crippen LogP contribution in [0, 0.1) is 13.8 Å². The van der Waals surface area contributed by atoms with Crippen LogP contribution in [-0.4, -0.2) is 29.3 Å². The number of fused-ring (bicyclic) bond motifs is 1. The maximum atomic E-state index is 5.73. The van der Waals surface area contributed by atoms with Crippen molar-refractivity contribution < 1.29 is 9.47 Å². The lowest BCUT2D eigenvalue weighted by atomic mass is 10.2. The SMILES string of the molecule is CCNc1nc(-c2cc(C)n(-c3ccc4c(c3)OCCO4)c2C)cs1. The number of nitrogens with one attached hydrogen (secondary N) is 1. The van der Waals surface area contributed by atoms with Crippen LogP contribution in [-0.2, 0) is 0 Å². The van der Waals surface area contributed by atoms with Crippen molar-refractivity contribution >= 4 is 16.5 Å². The van der Waals surface area contributed by atoms with Crippen LogP contribution in [0.3, 0.4) is 0 Å². The zero-order valence-corrected chi connectivity index (χ0v) is 15.4. The zero-order chi connectivity index (χ0) is 17.4. The Bertz CT molecular complexity index is 914. The second kappa shape index (κ2) is 6.44. The topological polar surface area (TPSA) is 48.3 Å². The molecule has 2 aromatic heterocycles. The van der Waals surface area contributed by atoms with Crippen molar-refractivity contribution in [3.63, 3.8) is 0 Å². The lowest BCUT2D eigenvalue weighted by Gasteiger charge is -2.20. The van der Waals surface area contributed by atoms with E-state index in [0.717, 1.165) is 40.1 Å². The van der Waals surface area contributed by atoms with Gasteiger partial charge >= 0.3 is 0 Å². The second-order valence-corrected chi connectivity index (χ2v) is 6.87. The molecular weight excluding hydrogens is 334 g/mol. The van der Waals surface area contributed by atoms with E-state index in [4.69, 9.17) is 14.5 Å². The summed E-state index contributed by atoms with van der Waals surface area (Å²) in [6.07, 6.45) is 0. The predicted molar refractivity (Wildman–Crippen MR) is 102 cm³/mol. The van der Waals surface area contributed by atoms with Gasteiger partial charge in [-0.05, 0) is 39.0 Å². The summed E-state index contributed by atoms with van der Waals surface area (Å²) in [5.41, 5.74) is 5.59. The largest absolute Gasteiger partial charge is 0.486 e. The van der Waals surface area contributed by atoms with Crippen LogP contribution in [0.5, 0.6) is 11.5 Å². The Morgan fingerprint density at radius 2 is 1.96 bits per heavy atom. The zero-order valence-electron chi connectivity index (χ0n) is 14.6. The molecule has 0 fully saturated rings. The quantitative estimate of drug-likeness (QED) is 0.752. The first-order chi connectivity index (χ1) is 12.2. The van der Waals surface area contributed by atoms with Crippen LogP contribution in [0.25, 0.3) is 16.9 Å². The van der Waals surface area contributed by atoms with Crippen molar-refractivity contribution in [3.05, 3.63) is 41.0 Å². The van der Waals surface area contributed by atoms with Gasteiger partial charge in [-0.3, -0.25) is 0 Å². The Balaban J connectivity index is 1.74. The molecule has 25 heavy (non-hydrogen) atoms. The highest BCUT2D eigenvalue weighted by molar-refractivity contribution is 7.14. The van der Waals surface area contributed by atoms with Crippen LogP contribution in [0.4, 0.5) is 5.13 Å². The Morgan fingerprint density at radius 1 is 1.16 bits per heavy atom. The minimum Gasteiger partial charge on any atom is -0.486 e. The monoisotopic (exact) mass is 355 g/mol. The third-order valence-corrected chi connectivity index (χ3v) is 5.12. The van der Waals surface area contributed by atoms with Crippen molar-refractivity contribution in [3.8, 4) is 28.4 Å². The first-order valence-electron chi connectivity index (χ1n) is 8.46. The van der Waals surface area contributed by atoms with E-state index in [1.807, 2.05) is 12.1 Å². The van der Waals surface area contributed by atoms with Crippen LogP contribution in [0.1, 0.15) is 18.3 Å². The molecule has 6 heteroatoms. The molecule has 0 radical (unpaired) electrons. The number of rotatable bonds is 4. The predicted octanol–water partition coefficient (Wildman–Crippen LogP) is 4.42. The molecule has 0 bridgehead atoms. The van der Waals surface area contributed by atoms with Crippen molar-refractivity contribution in [2.24, 2.45) is 0 Å². The molecule has 1 N–H and O–H groups in total. The van der Waals surface area contributed by atoms with Crippen LogP contribution in [0.15, 0.2) is 29.6 Å². The molecule has 0 saturated carbocycles. The van der Waals surface area contributed by atoms with Gasteiger partial charge in [-0.15, -0.1) is 11.3 Å². The molecule has 1 aliphatic rings. The number of aromatic nitrogens is 2. The summed E-state index contributed by atoms with van der Waals surface area (Å²) in [7, 11) is 0. The summed E-state index contributed by atoms with van der Waals surface area (Å²) in [5, 5.41) is 6.34. The molecule has 4 rings (SSSR count). The Kier molecular flexibility index (Phi) is 4.13. The number of nitrogens with zero attached hydrogens (tertiary/aromatic N) is 2. The number of hydrogen-bond donors (Lipinski definition) is 1. The van der Waals surface area contributed by atoms with Gasteiger partial charge in [0.2, 0.25) is 0 Å². The minimum absolute atomic E-state index is 0.595. The summed E-state index contributed by atoms with van der Waals surface area (Å²) >= 11 is 1.64. The summed E-state index contributed by atoms with van der Waals surface area (Å²) in [6, 6.07) is 8.29. The molecule has 0 spiro atoms. The number of anilines is 1. The van der Waals surface area contributed by atoms with E-state index in [9.17, 15) is 0 Å². The molecule has 130 valence electrons. The minimum atomic E-state index is 0.595. The van der Waals surface area contributed by atoms with Gasteiger partial charge in [-0.25, -0.2) is 4.98 Å². The summed E-state index contributed by atoms with van der Waals surface area (Å²) in [6.45, 7) is 8.40. The van der Waals surface area contributed by atoms with Crippen molar-refractivity contribution in [2.45, 2.75) is 20.8 Å². The molecule has 0 unspecified atom stereocenters.